The van der Waals surface area contributed by atoms with Crippen LogP contribution in [0.3, 0.4) is 0 Å². The van der Waals surface area contributed by atoms with E-state index in [1.165, 1.54) is 0 Å². The molecule has 1 heterocycles. The SMILES string of the molecule is CN(Cc1cc(C#CCN)cs1)C(=O)C(C)(C)C. The van der Waals surface area contributed by atoms with E-state index in [0.29, 0.717) is 13.1 Å². The van der Waals surface area contributed by atoms with Crippen LogP contribution in [0.5, 0.6) is 0 Å². The van der Waals surface area contributed by atoms with E-state index in [1.807, 2.05) is 39.3 Å². The molecule has 0 radical (unpaired) electrons. The molecule has 0 saturated carbocycles. The highest BCUT2D eigenvalue weighted by Gasteiger charge is 2.25. The highest BCUT2D eigenvalue weighted by atomic mass is 32.1. The molecule has 0 aliphatic heterocycles. The number of nitrogens with two attached hydrogens (primary N) is 1. The Labute approximate surface area is 113 Å². The summed E-state index contributed by atoms with van der Waals surface area (Å²) in [4.78, 5) is 14.9. The topological polar surface area (TPSA) is 46.3 Å². The number of thiophene rings is 1. The van der Waals surface area contributed by atoms with Crippen LogP contribution in [-0.4, -0.2) is 24.4 Å². The van der Waals surface area contributed by atoms with Crippen LogP contribution in [0.1, 0.15) is 31.2 Å². The van der Waals surface area contributed by atoms with Gasteiger partial charge in [0, 0.05) is 28.3 Å². The van der Waals surface area contributed by atoms with E-state index in [4.69, 9.17) is 5.73 Å². The van der Waals surface area contributed by atoms with Crippen molar-refractivity contribution in [2.75, 3.05) is 13.6 Å². The van der Waals surface area contributed by atoms with Gasteiger partial charge in [0.25, 0.3) is 0 Å². The fourth-order valence-electron chi connectivity index (χ4n) is 1.56. The molecule has 3 nitrogen and oxygen atoms in total. The minimum atomic E-state index is -0.339. The van der Waals surface area contributed by atoms with Crippen LogP contribution in [0, 0.1) is 17.3 Å². The molecule has 0 atom stereocenters. The summed E-state index contributed by atoms with van der Waals surface area (Å²) in [6.07, 6.45) is 0. The lowest BCUT2D eigenvalue weighted by atomic mass is 9.95. The van der Waals surface area contributed by atoms with Crippen molar-refractivity contribution in [3.05, 3.63) is 21.9 Å². The Hall–Kier alpha value is -1.31. The van der Waals surface area contributed by atoms with Crippen LogP contribution < -0.4 is 5.73 Å². The van der Waals surface area contributed by atoms with Gasteiger partial charge in [0.15, 0.2) is 0 Å². The smallest absolute Gasteiger partial charge is 0.228 e. The molecule has 18 heavy (non-hydrogen) atoms. The highest BCUT2D eigenvalue weighted by Crippen LogP contribution is 2.20. The van der Waals surface area contributed by atoms with Crippen molar-refractivity contribution in [3.63, 3.8) is 0 Å². The van der Waals surface area contributed by atoms with Gasteiger partial charge >= 0.3 is 0 Å². The molecule has 4 heteroatoms. The average molecular weight is 264 g/mol. The van der Waals surface area contributed by atoms with Crippen molar-refractivity contribution >= 4 is 17.2 Å². The van der Waals surface area contributed by atoms with Crippen LogP contribution in [0.25, 0.3) is 0 Å². The Morgan fingerprint density at radius 2 is 2.17 bits per heavy atom. The third-order valence-corrected chi connectivity index (χ3v) is 3.29. The largest absolute Gasteiger partial charge is 0.340 e. The molecule has 1 rings (SSSR count). The van der Waals surface area contributed by atoms with E-state index < -0.39 is 0 Å². The van der Waals surface area contributed by atoms with E-state index in [9.17, 15) is 4.79 Å². The second-order valence-electron chi connectivity index (χ2n) is 5.22. The minimum Gasteiger partial charge on any atom is -0.340 e. The second-order valence-corrected chi connectivity index (χ2v) is 6.21. The first-order valence-electron chi connectivity index (χ1n) is 5.86. The van der Waals surface area contributed by atoms with E-state index in [2.05, 4.69) is 11.8 Å². The zero-order valence-corrected chi connectivity index (χ0v) is 12.2. The van der Waals surface area contributed by atoms with Gasteiger partial charge in [-0.3, -0.25) is 4.79 Å². The van der Waals surface area contributed by atoms with E-state index >= 15 is 0 Å². The molecule has 2 N–H and O–H groups in total. The summed E-state index contributed by atoms with van der Waals surface area (Å²) in [6, 6.07) is 2.01. The summed E-state index contributed by atoms with van der Waals surface area (Å²) in [5.41, 5.74) is 5.96. The quantitative estimate of drug-likeness (QED) is 0.831. The molecule has 1 aromatic rings. The number of nitrogens with zero attached hydrogens (tertiary/aromatic N) is 1. The van der Waals surface area contributed by atoms with Crippen LogP contribution in [0.15, 0.2) is 11.4 Å². The maximum Gasteiger partial charge on any atom is 0.228 e. The van der Waals surface area contributed by atoms with Crippen molar-refractivity contribution in [2.45, 2.75) is 27.3 Å². The lowest BCUT2D eigenvalue weighted by Crippen LogP contribution is -2.35. The summed E-state index contributed by atoms with van der Waals surface area (Å²) in [7, 11) is 1.83. The van der Waals surface area contributed by atoms with Gasteiger partial charge in [0.2, 0.25) is 5.91 Å². The van der Waals surface area contributed by atoms with Gasteiger partial charge in [-0.2, -0.15) is 0 Å². The molecule has 98 valence electrons. The standard InChI is InChI=1S/C14H20N2OS/c1-14(2,3)13(17)16(4)9-12-8-11(10-18-12)6-5-7-15/h8,10H,7,9,15H2,1-4H3. The van der Waals surface area contributed by atoms with Crippen LogP contribution in [-0.2, 0) is 11.3 Å². The number of carbonyl (C=O) groups is 1. The van der Waals surface area contributed by atoms with Crippen molar-refractivity contribution in [1.82, 2.24) is 4.90 Å². The predicted molar refractivity (Wildman–Crippen MR) is 76.2 cm³/mol. The molecule has 1 aromatic heterocycles. The van der Waals surface area contributed by atoms with Gasteiger partial charge in [-0.05, 0) is 6.07 Å². The maximum atomic E-state index is 12.0. The molecule has 0 spiro atoms. The Kier molecular flexibility index (Phi) is 4.94. The summed E-state index contributed by atoms with van der Waals surface area (Å²) in [5.74, 6) is 5.96. The maximum absolute atomic E-state index is 12.0. The Bertz CT molecular complexity index is 474. The fraction of sp³-hybridized carbons (Fsp3) is 0.500. The highest BCUT2D eigenvalue weighted by molar-refractivity contribution is 7.10. The molecule has 0 aliphatic carbocycles. The number of amides is 1. The summed E-state index contributed by atoms with van der Waals surface area (Å²) in [5, 5.41) is 1.99. The van der Waals surface area contributed by atoms with Crippen molar-refractivity contribution in [3.8, 4) is 11.8 Å². The first kappa shape index (κ1) is 14.7. The average Bonchev–Trinajstić information content (AvgIpc) is 2.71. The van der Waals surface area contributed by atoms with Crippen molar-refractivity contribution in [2.24, 2.45) is 11.1 Å². The van der Waals surface area contributed by atoms with Crippen molar-refractivity contribution in [1.29, 1.82) is 0 Å². The molecule has 0 bridgehead atoms. The van der Waals surface area contributed by atoms with Gasteiger partial charge < -0.3 is 10.6 Å². The molecule has 0 aliphatic rings. The fourth-order valence-corrected chi connectivity index (χ4v) is 2.43. The van der Waals surface area contributed by atoms with Gasteiger partial charge in [-0.1, -0.05) is 32.6 Å². The van der Waals surface area contributed by atoms with Gasteiger partial charge in [-0.25, -0.2) is 0 Å². The number of carbonyl (C=O) groups excluding carboxylic acids is 1. The number of hydrogen-bond acceptors (Lipinski definition) is 3. The van der Waals surface area contributed by atoms with E-state index in [0.717, 1.165) is 10.4 Å². The van der Waals surface area contributed by atoms with Crippen LogP contribution >= 0.6 is 11.3 Å². The van der Waals surface area contributed by atoms with Crippen molar-refractivity contribution < 1.29 is 4.79 Å². The first-order chi connectivity index (χ1) is 8.34. The van der Waals surface area contributed by atoms with Crippen LogP contribution in [0.4, 0.5) is 0 Å². The molecule has 0 saturated heterocycles. The Morgan fingerprint density at radius 3 is 2.72 bits per heavy atom. The second kappa shape index (κ2) is 6.03. The van der Waals surface area contributed by atoms with Gasteiger partial charge in [0.1, 0.15) is 0 Å². The summed E-state index contributed by atoms with van der Waals surface area (Å²) < 4.78 is 0. The Morgan fingerprint density at radius 1 is 1.50 bits per heavy atom. The zero-order valence-electron chi connectivity index (χ0n) is 11.4. The molecule has 0 aromatic carbocycles. The predicted octanol–water partition coefficient (Wildman–Crippen LogP) is 2.06. The van der Waals surface area contributed by atoms with Gasteiger partial charge in [-0.15, -0.1) is 11.3 Å². The third-order valence-electron chi connectivity index (χ3n) is 2.37. The van der Waals surface area contributed by atoms with E-state index in [1.54, 1.807) is 16.2 Å². The lowest BCUT2D eigenvalue weighted by molar-refractivity contribution is -0.138. The molecular formula is C14H20N2OS. The first-order valence-corrected chi connectivity index (χ1v) is 6.74. The minimum absolute atomic E-state index is 0.144. The molecule has 0 fully saturated rings. The van der Waals surface area contributed by atoms with E-state index in [-0.39, 0.29) is 11.3 Å². The third kappa shape index (κ3) is 4.17. The van der Waals surface area contributed by atoms with Gasteiger partial charge in [0.05, 0.1) is 13.1 Å². The normalized spacial score (nSPS) is 10.7. The lowest BCUT2D eigenvalue weighted by Gasteiger charge is -2.25. The molecule has 1 amide bonds. The molecular weight excluding hydrogens is 244 g/mol. The monoisotopic (exact) mass is 264 g/mol. The summed E-state index contributed by atoms with van der Waals surface area (Å²) >= 11 is 1.62. The number of rotatable bonds is 2. The molecule has 0 unspecified atom stereocenters. The van der Waals surface area contributed by atoms with Crippen LogP contribution in [0.2, 0.25) is 0 Å². The number of hydrogen-bond donors (Lipinski definition) is 1. The summed E-state index contributed by atoms with van der Waals surface area (Å²) in [6.45, 7) is 6.79. The Balaban J connectivity index is 2.68. The zero-order chi connectivity index (χ0) is 13.8.